The Bertz CT molecular complexity index is 456. The van der Waals surface area contributed by atoms with Crippen LogP contribution in [-0.2, 0) is 4.74 Å². The predicted molar refractivity (Wildman–Crippen MR) is 54.3 cm³/mol. The topological polar surface area (TPSA) is 92.2 Å². The molecule has 1 aliphatic heterocycles. The van der Waals surface area contributed by atoms with E-state index >= 15 is 0 Å². The first kappa shape index (κ1) is 9.63. The van der Waals surface area contributed by atoms with E-state index in [0.29, 0.717) is 11.4 Å². The largest absolute Gasteiger partial charge is 0.623 e. The van der Waals surface area contributed by atoms with E-state index in [2.05, 4.69) is 9.73 Å². The number of carbonyl (C=O) groups excluding carboxylic acids is 1. The van der Waals surface area contributed by atoms with Crippen LogP contribution >= 0.6 is 0 Å². The van der Waals surface area contributed by atoms with Gasteiger partial charge in [-0.15, -0.1) is 0 Å². The maximum Gasteiger partial charge on any atom is 0.340 e. The number of rotatable bonds is 1. The zero-order valence-corrected chi connectivity index (χ0v) is 7.98. The Kier molecular flexibility index (Phi) is 2.14. The van der Waals surface area contributed by atoms with Gasteiger partial charge in [-0.25, -0.2) is 4.79 Å². The molecule has 2 rings (SSSR count). The number of anilines is 1. The minimum absolute atomic E-state index is 0.190. The van der Waals surface area contributed by atoms with Crippen molar-refractivity contribution in [1.29, 1.82) is 0 Å². The molecule has 6 nitrogen and oxygen atoms in total. The molecule has 78 valence electrons. The van der Waals surface area contributed by atoms with Crippen LogP contribution in [0.1, 0.15) is 10.4 Å². The van der Waals surface area contributed by atoms with Crippen molar-refractivity contribution in [3.05, 3.63) is 22.9 Å². The molecule has 0 aromatic heterocycles. The molecule has 1 heterocycles. The number of quaternary nitrogens is 1. The number of aliphatic imine (C=N–C) groups is 1. The summed E-state index contributed by atoms with van der Waals surface area (Å²) in [4.78, 5) is 15.1. The van der Waals surface area contributed by atoms with Crippen LogP contribution < -0.4 is 10.8 Å². The lowest BCUT2D eigenvalue weighted by Crippen LogP contribution is -2.99. The fourth-order valence-electron chi connectivity index (χ4n) is 1.39. The van der Waals surface area contributed by atoms with Crippen LogP contribution in [-0.4, -0.2) is 19.4 Å². The lowest BCUT2D eigenvalue weighted by atomic mass is 10.1. The van der Waals surface area contributed by atoms with Crippen molar-refractivity contribution in [3.63, 3.8) is 0 Å². The second kappa shape index (κ2) is 3.34. The standard InChI is InChI=1S/C9H9N3O3/c1-15-9(13)5-2-8-7(3-6(5)10)11-4-12(8)14/h2-4,12H,10H2,1H3. The molecule has 0 bridgehead atoms. The number of benzene rings is 1. The zero-order valence-electron chi connectivity index (χ0n) is 7.98. The van der Waals surface area contributed by atoms with Gasteiger partial charge in [-0.1, -0.05) is 0 Å². The third kappa shape index (κ3) is 1.45. The van der Waals surface area contributed by atoms with Crippen LogP contribution in [0.4, 0.5) is 17.1 Å². The molecule has 0 saturated carbocycles. The molecule has 3 N–H and O–H groups in total. The van der Waals surface area contributed by atoms with Crippen LogP contribution in [0, 0.1) is 5.21 Å². The highest BCUT2D eigenvalue weighted by Gasteiger charge is 2.20. The predicted octanol–water partition coefficient (Wildman–Crippen LogP) is -0.257. The Hall–Kier alpha value is -1.92. The summed E-state index contributed by atoms with van der Waals surface area (Å²) in [5.74, 6) is -0.560. The van der Waals surface area contributed by atoms with Crippen LogP contribution in [0.3, 0.4) is 0 Å². The molecule has 0 saturated heterocycles. The van der Waals surface area contributed by atoms with Crippen molar-refractivity contribution in [2.45, 2.75) is 0 Å². The van der Waals surface area contributed by atoms with E-state index in [1.807, 2.05) is 0 Å². The molecule has 0 amide bonds. The van der Waals surface area contributed by atoms with Crippen molar-refractivity contribution in [2.75, 3.05) is 12.8 Å². The molecular formula is C9H9N3O3. The number of hydroxylamine groups is 1. The fourth-order valence-corrected chi connectivity index (χ4v) is 1.39. The van der Waals surface area contributed by atoms with E-state index in [1.165, 1.54) is 25.6 Å². The molecule has 15 heavy (non-hydrogen) atoms. The number of nitrogens with one attached hydrogen (secondary N) is 1. The summed E-state index contributed by atoms with van der Waals surface area (Å²) in [5, 5.41) is 11.1. The number of carbonyl (C=O) groups is 1. The maximum absolute atomic E-state index is 11.3. The molecule has 0 fully saturated rings. The van der Waals surface area contributed by atoms with Crippen molar-refractivity contribution in [1.82, 2.24) is 0 Å². The summed E-state index contributed by atoms with van der Waals surface area (Å²) >= 11 is 0. The van der Waals surface area contributed by atoms with Crippen molar-refractivity contribution >= 4 is 29.4 Å². The number of nitrogens with two attached hydrogens (primary N) is 1. The van der Waals surface area contributed by atoms with Gasteiger partial charge in [0.25, 0.3) is 0 Å². The van der Waals surface area contributed by atoms with Gasteiger partial charge in [0.05, 0.1) is 12.7 Å². The highest BCUT2D eigenvalue weighted by Crippen LogP contribution is 2.29. The first-order chi connectivity index (χ1) is 7.13. The first-order valence-electron chi connectivity index (χ1n) is 4.23. The number of methoxy groups -OCH3 is 1. The minimum Gasteiger partial charge on any atom is -0.623 e. The Morgan fingerprint density at radius 1 is 1.60 bits per heavy atom. The normalized spacial score (nSPS) is 17.6. The second-order valence-electron chi connectivity index (χ2n) is 3.07. The Labute approximate surface area is 85.5 Å². The summed E-state index contributed by atoms with van der Waals surface area (Å²) in [5.41, 5.74) is 6.95. The molecule has 6 heteroatoms. The summed E-state index contributed by atoms with van der Waals surface area (Å²) in [6.07, 6.45) is 1.20. The molecular weight excluding hydrogens is 198 g/mol. The van der Waals surface area contributed by atoms with Gasteiger partial charge in [-0.05, 0) is 6.07 Å². The van der Waals surface area contributed by atoms with Crippen LogP contribution in [0.25, 0.3) is 0 Å². The summed E-state index contributed by atoms with van der Waals surface area (Å²) in [6.45, 7) is 0. The number of nitrogens with zero attached hydrogens (tertiary/aromatic N) is 1. The number of ether oxygens (including phenoxy) is 1. The van der Waals surface area contributed by atoms with E-state index in [1.54, 1.807) is 0 Å². The summed E-state index contributed by atoms with van der Waals surface area (Å²) in [7, 11) is 1.26. The average Bonchev–Trinajstić information content (AvgIpc) is 2.58. The minimum atomic E-state index is -0.560. The van der Waals surface area contributed by atoms with Gasteiger partial charge in [0, 0.05) is 11.8 Å². The molecule has 0 radical (unpaired) electrons. The van der Waals surface area contributed by atoms with E-state index in [-0.39, 0.29) is 16.3 Å². The van der Waals surface area contributed by atoms with Crippen molar-refractivity contribution in [2.24, 2.45) is 4.99 Å². The summed E-state index contributed by atoms with van der Waals surface area (Å²) < 4.78 is 4.54. The number of hydrogen-bond donors (Lipinski definition) is 2. The smallest absolute Gasteiger partial charge is 0.340 e. The number of fused-ring (bicyclic) bond motifs is 1. The van der Waals surface area contributed by atoms with E-state index < -0.39 is 5.97 Å². The molecule has 1 unspecified atom stereocenters. The van der Waals surface area contributed by atoms with Crippen LogP contribution in [0.2, 0.25) is 0 Å². The third-order valence-corrected chi connectivity index (χ3v) is 2.16. The zero-order chi connectivity index (χ0) is 11.0. The number of hydrogen-bond acceptors (Lipinski definition) is 5. The molecule has 0 spiro atoms. The Morgan fingerprint density at radius 3 is 3.00 bits per heavy atom. The van der Waals surface area contributed by atoms with E-state index in [0.717, 1.165) is 0 Å². The maximum atomic E-state index is 11.3. The van der Waals surface area contributed by atoms with Gasteiger partial charge in [0.1, 0.15) is 5.69 Å². The van der Waals surface area contributed by atoms with Gasteiger partial charge in [-0.3, -0.25) is 5.06 Å². The fraction of sp³-hybridized carbons (Fsp3) is 0.111. The third-order valence-electron chi connectivity index (χ3n) is 2.16. The van der Waals surface area contributed by atoms with Crippen LogP contribution in [0.15, 0.2) is 17.1 Å². The number of nitrogen functional groups attached to an aromatic ring is 1. The monoisotopic (exact) mass is 207 g/mol. The van der Waals surface area contributed by atoms with Gasteiger partial charge in [0.2, 0.25) is 0 Å². The summed E-state index contributed by atoms with van der Waals surface area (Å²) in [6, 6.07) is 2.90. The SMILES string of the molecule is COC(=O)c1cc2c(cc1N)N=C[NH+]2[O-]. The van der Waals surface area contributed by atoms with Gasteiger partial charge in [-0.2, -0.15) is 4.99 Å². The van der Waals surface area contributed by atoms with Crippen molar-refractivity contribution in [3.8, 4) is 0 Å². The van der Waals surface area contributed by atoms with Gasteiger partial charge < -0.3 is 15.7 Å². The molecule has 1 aliphatic rings. The highest BCUT2D eigenvalue weighted by atomic mass is 16.5. The molecule has 1 aromatic rings. The average molecular weight is 207 g/mol. The highest BCUT2D eigenvalue weighted by molar-refractivity contribution is 5.97. The second-order valence-corrected chi connectivity index (χ2v) is 3.07. The Morgan fingerprint density at radius 2 is 2.33 bits per heavy atom. The van der Waals surface area contributed by atoms with Gasteiger partial charge in [0.15, 0.2) is 12.0 Å². The first-order valence-corrected chi connectivity index (χ1v) is 4.23. The number of esters is 1. The molecule has 0 aliphatic carbocycles. The lowest BCUT2D eigenvalue weighted by Gasteiger charge is -2.12. The van der Waals surface area contributed by atoms with Crippen LogP contribution in [0.5, 0.6) is 0 Å². The lowest BCUT2D eigenvalue weighted by molar-refractivity contribution is -0.655. The van der Waals surface area contributed by atoms with Crippen molar-refractivity contribution < 1.29 is 14.6 Å². The Balaban J connectivity index is 2.53. The molecule has 1 aromatic carbocycles. The van der Waals surface area contributed by atoms with Gasteiger partial charge >= 0.3 is 5.97 Å². The quantitative estimate of drug-likeness (QED) is 0.377. The molecule has 1 atom stereocenters. The van der Waals surface area contributed by atoms with E-state index in [4.69, 9.17) is 5.73 Å². The van der Waals surface area contributed by atoms with E-state index in [9.17, 15) is 10.0 Å².